The molecule has 150 valence electrons. The van der Waals surface area contributed by atoms with Crippen LogP contribution in [0.3, 0.4) is 0 Å². The third-order valence-corrected chi connectivity index (χ3v) is 4.13. The quantitative estimate of drug-likeness (QED) is 0.783. The van der Waals surface area contributed by atoms with E-state index < -0.39 is 0 Å². The van der Waals surface area contributed by atoms with E-state index in [2.05, 4.69) is 21.4 Å². The molecule has 0 saturated carbocycles. The topological polar surface area (TPSA) is 70.7 Å². The van der Waals surface area contributed by atoms with Crippen LogP contribution in [0.15, 0.2) is 42.5 Å². The van der Waals surface area contributed by atoms with Crippen molar-refractivity contribution in [3.63, 3.8) is 0 Å². The highest BCUT2D eigenvalue weighted by molar-refractivity contribution is 6.04. The summed E-state index contributed by atoms with van der Waals surface area (Å²) in [4.78, 5) is 23.9. The Bertz CT molecular complexity index is 809. The van der Waals surface area contributed by atoms with Crippen molar-refractivity contribution in [1.29, 1.82) is 0 Å². The number of benzene rings is 2. The summed E-state index contributed by atoms with van der Waals surface area (Å²) in [7, 11) is 3.96. The number of nitrogens with one attached hydrogen (secondary N) is 2. The van der Waals surface area contributed by atoms with E-state index >= 15 is 0 Å². The average Bonchev–Trinajstić information content (AvgIpc) is 3.09. The molecule has 0 aromatic heterocycles. The fourth-order valence-electron chi connectivity index (χ4n) is 2.63. The average molecular weight is 383 g/mol. The molecule has 0 spiro atoms. The Balaban J connectivity index is 0.000000345. The molecular formula is C22H29N3O3. The van der Waals surface area contributed by atoms with Gasteiger partial charge in [0.2, 0.25) is 0 Å². The summed E-state index contributed by atoms with van der Waals surface area (Å²) >= 11 is 0. The Hall–Kier alpha value is -3.02. The van der Waals surface area contributed by atoms with E-state index in [1.54, 1.807) is 0 Å². The van der Waals surface area contributed by atoms with Crippen LogP contribution in [0.25, 0.3) is 0 Å². The molecule has 0 saturated heterocycles. The molecular weight excluding hydrogens is 354 g/mol. The lowest BCUT2D eigenvalue weighted by molar-refractivity contribution is -0.138. The number of anilines is 3. The summed E-state index contributed by atoms with van der Waals surface area (Å²) in [6.45, 7) is 6.89. The second kappa shape index (κ2) is 9.26. The van der Waals surface area contributed by atoms with E-state index in [0.717, 1.165) is 30.0 Å². The molecule has 1 aliphatic rings. The molecule has 0 aliphatic carbocycles. The molecule has 0 bridgehead atoms. The van der Waals surface area contributed by atoms with Crippen LogP contribution < -0.4 is 15.5 Å². The van der Waals surface area contributed by atoms with Crippen LogP contribution in [-0.2, 0) is 16.0 Å². The standard InChI is InChI=1S/C17H19N3O.C5H10O2/c1-20(2)15-7-4-13(5-8-15)17(21)19-14-6-3-12-9-10-18-16(12)11-14;1-5(2,3)7-4-6/h3-8,11,18H,9-10H2,1-2H3,(H,19,21);4H,1-3H3. The fourth-order valence-corrected chi connectivity index (χ4v) is 2.63. The number of ether oxygens (including phenoxy) is 1. The van der Waals surface area contributed by atoms with Crippen molar-refractivity contribution >= 4 is 29.4 Å². The maximum Gasteiger partial charge on any atom is 0.293 e. The normalized spacial score (nSPS) is 12.0. The smallest absolute Gasteiger partial charge is 0.293 e. The third-order valence-electron chi connectivity index (χ3n) is 4.13. The van der Waals surface area contributed by atoms with Gasteiger partial charge in [0.25, 0.3) is 12.4 Å². The zero-order valence-corrected chi connectivity index (χ0v) is 17.2. The number of carbonyl (C=O) groups excluding carboxylic acids is 2. The second-order valence-electron chi connectivity index (χ2n) is 7.77. The molecule has 2 N–H and O–H groups in total. The molecule has 2 aromatic carbocycles. The predicted octanol–water partition coefficient (Wildman–Crippen LogP) is 3.93. The molecule has 0 atom stereocenters. The van der Waals surface area contributed by atoms with E-state index in [9.17, 15) is 9.59 Å². The fraction of sp³-hybridized carbons (Fsp3) is 0.364. The number of amides is 1. The summed E-state index contributed by atoms with van der Waals surface area (Å²) < 4.78 is 4.55. The van der Waals surface area contributed by atoms with Crippen LogP contribution in [0, 0.1) is 0 Å². The third kappa shape index (κ3) is 6.30. The highest BCUT2D eigenvalue weighted by atomic mass is 16.5. The Morgan fingerprint density at radius 1 is 1.14 bits per heavy atom. The Morgan fingerprint density at radius 2 is 1.82 bits per heavy atom. The van der Waals surface area contributed by atoms with Gasteiger partial charge in [-0.05, 0) is 69.2 Å². The van der Waals surface area contributed by atoms with Crippen molar-refractivity contribution in [3.8, 4) is 0 Å². The minimum atomic E-state index is -0.318. The van der Waals surface area contributed by atoms with Gasteiger partial charge >= 0.3 is 0 Å². The van der Waals surface area contributed by atoms with Crippen molar-refractivity contribution in [2.45, 2.75) is 32.8 Å². The number of carbonyl (C=O) groups is 2. The Morgan fingerprint density at radius 3 is 2.36 bits per heavy atom. The lowest BCUT2D eigenvalue weighted by atomic mass is 10.1. The lowest BCUT2D eigenvalue weighted by Gasteiger charge is -2.14. The van der Waals surface area contributed by atoms with Crippen molar-refractivity contribution in [2.75, 3.05) is 36.2 Å². The molecule has 28 heavy (non-hydrogen) atoms. The van der Waals surface area contributed by atoms with Crippen LogP contribution in [0.1, 0.15) is 36.7 Å². The predicted molar refractivity (Wildman–Crippen MR) is 114 cm³/mol. The maximum absolute atomic E-state index is 12.3. The zero-order chi connectivity index (χ0) is 20.7. The number of hydrogen-bond acceptors (Lipinski definition) is 5. The molecule has 6 nitrogen and oxygen atoms in total. The van der Waals surface area contributed by atoms with Crippen molar-refractivity contribution < 1.29 is 14.3 Å². The van der Waals surface area contributed by atoms with Gasteiger partial charge < -0.3 is 20.3 Å². The summed E-state index contributed by atoms with van der Waals surface area (Å²) in [5.41, 5.74) is 4.67. The minimum Gasteiger partial charge on any atom is -0.462 e. The molecule has 1 heterocycles. The van der Waals surface area contributed by atoms with Gasteiger partial charge in [0.1, 0.15) is 5.60 Å². The Labute approximate surface area is 166 Å². The molecule has 3 rings (SSSR count). The first-order valence-electron chi connectivity index (χ1n) is 9.26. The highest BCUT2D eigenvalue weighted by Gasteiger charge is 2.12. The molecule has 1 amide bonds. The van der Waals surface area contributed by atoms with Crippen LogP contribution in [-0.4, -0.2) is 38.6 Å². The monoisotopic (exact) mass is 383 g/mol. The van der Waals surface area contributed by atoms with Crippen LogP contribution in [0.5, 0.6) is 0 Å². The molecule has 6 heteroatoms. The zero-order valence-electron chi connectivity index (χ0n) is 17.2. The van der Waals surface area contributed by atoms with Gasteiger partial charge in [-0.1, -0.05) is 6.07 Å². The van der Waals surface area contributed by atoms with Gasteiger partial charge in [0, 0.05) is 43.3 Å². The van der Waals surface area contributed by atoms with Gasteiger partial charge in [-0.3, -0.25) is 9.59 Å². The van der Waals surface area contributed by atoms with Gasteiger partial charge in [0.05, 0.1) is 0 Å². The van der Waals surface area contributed by atoms with Crippen LogP contribution >= 0.6 is 0 Å². The molecule has 0 radical (unpaired) electrons. The number of fused-ring (bicyclic) bond motifs is 1. The summed E-state index contributed by atoms with van der Waals surface area (Å²) in [6.07, 6.45) is 1.05. The minimum absolute atomic E-state index is 0.0850. The van der Waals surface area contributed by atoms with E-state index in [4.69, 9.17) is 0 Å². The van der Waals surface area contributed by atoms with Crippen molar-refractivity contribution in [1.82, 2.24) is 0 Å². The largest absolute Gasteiger partial charge is 0.462 e. The molecule has 0 fully saturated rings. The first-order chi connectivity index (χ1) is 13.2. The van der Waals surface area contributed by atoms with Crippen molar-refractivity contribution in [3.05, 3.63) is 53.6 Å². The van der Waals surface area contributed by atoms with Crippen LogP contribution in [0.4, 0.5) is 17.1 Å². The first-order valence-corrected chi connectivity index (χ1v) is 9.26. The van der Waals surface area contributed by atoms with Crippen LogP contribution in [0.2, 0.25) is 0 Å². The van der Waals surface area contributed by atoms with Crippen molar-refractivity contribution in [2.24, 2.45) is 0 Å². The van der Waals surface area contributed by atoms with Gasteiger partial charge in [-0.25, -0.2) is 0 Å². The van der Waals surface area contributed by atoms with Gasteiger partial charge in [-0.2, -0.15) is 0 Å². The number of rotatable bonds is 4. The molecule has 0 unspecified atom stereocenters. The van der Waals surface area contributed by atoms with E-state index in [1.165, 1.54) is 5.56 Å². The number of nitrogens with zero attached hydrogens (tertiary/aromatic N) is 1. The molecule has 1 aliphatic heterocycles. The van der Waals surface area contributed by atoms with E-state index in [0.29, 0.717) is 12.0 Å². The maximum atomic E-state index is 12.3. The van der Waals surface area contributed by atoms with Gasteiger partial charge in [0.15, 0.2) is 0 Å². The van der Waals surface area contributed by atoms with E-state index in [-0.39, 0.29) is 11.5 Å². The lowest BCUT2D eigenvalue weighted by Crippen LogP contribution is -2.17. The Kier molecular flexibility index (Phi) is 7.04. The molecule has 2 aromatic rings. The SMILES string of the molecule is CC(C)(C)OC=O.CN(C)c1ccc(C(=O)Nc2ccc3c(c2)NCC3)cc1. The van der Waals surface area contributed by atoms with Gasteiger partial charge in [-0.15, -0.1) is 0 Å². The van der Waals surface area contributed by atoms with E-state index in [1.807, 2.05) is 76.2 Å². The summed E-state index contributed by atoms with van der Waals surface area (Å²) in [5, 5.41) is 6.26. The second-order valence-corrected chi connectivity index (χ2v) is 7.77. The first kappa shape index (κ1) is 21.3. The summed E-state index contributed by atoms with van der Waals surface area (Å²) in [6, 6.07) is 13.6. The highest BCUT2D eigenvalue weighted by Crippen LogP contribution is 2.26. The summed E-state index contributed by atoms with van der Waals surface area (Å²) in [5.74, 6) is -0.0850. The number of hydrogen-bond donors (Lipinski definition) is 2.